The molecule has 1 amide bonds. The summed E-state index contributed by atoms with van der Waals surface area (Å²) in [5, 5.41) is 10.7. The van der Waals surface area contributed by atoms with Gasteiger partial charge in [-0.15, -0.1) is 15.3 Å². The van der Waals surface area contributed by atoms with Crippen molar-refractivity contribution in [2.45, 2.75) is 25.1 Å². The molecule has 0 spiro atoms. The highest BCUT2D eigenvalue weighted by Crippen LogP contribution is 2.29. The van der Waals surface area contributed by atoms with Crippen molar-refractivity contribution in [3.63, 3.8) is 0 Å². The van der Waals surface area contributed by atoms with Gasteiger partial charge in [-0.1, -0.05) is 30.3 Å². The molecule has 3 aromatic rings. The summed E-state index contributed by atoms with van der Waals surface area (Å²) in [6.07, 6.45) is -5.10. The van der Waals surface area contributed by atoms with Crippen LogP contribution in [-0.2, 0) is 20.5 Å². The number of carbonyl (C=O) groups is 2. The maximum atomic E-state index is 13.1. The van der Waals surface area contributed by atoms with Crippen LogP contribution in [0.4, 0.5) is 19.0 Å². The number of benzene rings is 1. The van der Waals surface area contributed by atoms with Crippen LogP contribution in [0.1, 0.15) is 30.3 Å². The Labute approximate surface area is 180 Å². The summed E-state index contributed by atoms with van der Waals surface area (Å²) in [6, 6.07) is 11.4. The monoisotopic (exact) mass is 448 g/mol. The summed E-state index contributed by atoms with van der Waals surface area (Å²) >= 11 is 0. The van der Waals surface area contributed by atoms with Gasteiger partial charge in [0.1, 0.15) is 5.82 Å². The zero-order chi connectivity index (χ0) is 22.9. The molecule has 2 N–H and O–H groups in total. The Balaban J connectivity index is 1.43. The van der Waals surface area contributed by atoms with Crippen LogP contribution in [-0.4, -0.2) is 44.8 Å². The van der Waals surface area contributed by atoms with Gasteiger partial charge in [-0.3, -0.25) is 9.59 Å². The van der Waals surface area contributed by atoms with Gasteiger partial charge in [-0.2, -0.15) is 17.7 Å². The molecule has 0 aliphatic carbocycles. The lowest BCUT2D eigenvalue weighted by molar-refractivity contribution is -0.160. The Kier molecular flexibility index (Phi) is 5.68. The molecule has 3 heterocycles. The minimum absolute atomic E-state index is 0.0158. The van der Waals surface area contributed by atoms with Gasteiger partial charge in [-0.05, 0) is 25.0 Å². The smallest absolute Gasteiger partial charge is 0.447 e. The number of aromatic nitrogens is 4. The second kappa shape index (κ2) is 8.44. The third kappa shape index (κ3) is 4.34. The summed E-state index contributed by atoms with van der Waals surface area (Å²) < 4.78 is 45.3. The minimum atomic E-state index is -4.68. The van der Waals surface area contributed by atoms with E-state index in [4.69, 9.17) is 10.5 Å². The lowest BCUT2D eigenvalue weighted by Crippen LogP contribution is -2.38. The molecule has 0 bridgehead atoms. The van der Waals surface area contributed by atoms with Crippen molar-refractivity contribution in [1.82, 2.24) is 19.8 Å². The molecule has 1 unspecified atom stereocenters. The molecule has 0 saturated carbocycles. The molecule has 1 saturated heterocycles. The van der Waals surface area contributed by atoms with Crippen LogP contribution in [0, 0.1) is 5.92 Å². The molecule has 4 rings (SSSR count). The average Bonchev–Trinajstić information content (AvgIpc) is 3.21. The first-order valence-corrected chi connectivity index (χ1v) is 9.83. The first kappa shape index (κ1) is 21.5. The number of anilines is 1. The third-order valence-corrected chi connectivity index (χ3v) is 5.25. The minimum Gasteiger partial charge on any atom is -0.447 e. The molecule has 0 radical (unpaired) electrons. The number of rotatable bonds is 5. The highest BCUT2D eigenvalue weighted by atomic mass is 19.4. The highest BCUT2D eigenvalue weighted by Gasteiger charge is 2.38. The van der Waals surface area contributed by atoms with E-state index in [1.807, 2.05) is 0 Å². The lowest BCUT2D eigenvalue weighted by atomic mass is 9.96. The summed E-state index contributed by atoms with van der Waals surface area (Å²) in [7, 11) is 0. The van der Waals surface area contributed by atoms with Gasteiger partial charge in [0.25, 0.3) is 11.7 Å². The number of hydrogen-bond donors (Lipinski definition) is 1. The van der Waals surface area contributed by atoms with Crippen LogP contribution in [0.25, 0.3) is 5.65 Å². The average molecular weight is 448 g/mol. The van der Waals surface area contributed by atoms with Gasteiger partial charge in [0.15, 0.2) is 5.65 Å². The van der Waals surface area contributed by atoms with Gasteiger partial charge in [0.05, 0.1) is 5.92 Å². The molecule has 1 aliphatic rings. The Morgan fingerprint density at radius 1 is 1.06 bits per heavy atom. The summed E-state index contributed by atoms with van der Waals surface area (Å²) in [4.78, 5) is 26.2. The van der Waals surface area contributed by atoms with Gasteiger partial charge in [-0.25, -0.2) is 0 Å². The summed E-state index contributed by atoms with van der Waals surface area (Å²) in [5.41, 5.74) is 5.87. The second-order valence-electron chi connectivity index (χ2n) is 7.37. The quantitative estimate of drug-likeness (QED) is 0.595. The number of hydrogen-bond acceptors (Lipinski definition) is 7. The Morgan fingerprint density at radius 3 is 2.38 bits per heavy atom. The molecule has 1 aliphatic heterocycles. The SMILES string of the molecule is NC(=O)C(OC(=O)C1CCN(c2ccc3nnc(C(F)(F)F)n3n2)CC1)c1ccccc1. The molecule has 12 heteroatoms. The van der Waals surface area contributed by atoms with Crippen LogP contribution >= 0.6 is 0 Å². The molecular weight excluding hydrogens is 429 g/mol. The molecule has 32 heavy (non-hydrogen) atoms. The number of fused-ring (bicyclic) bond motifs is 1. The fraction of sp³-hybridized carbons (Fsp3) is 0.350. The normalized spacial score (nSPS) is 16.2. The number of carbonyl (C=O) groups excluding carboxylic acids is 2. The van der Waals surface area contributed by atoms with Gasteiger partial charge in [0, 0.05) is 18.7 Å². The number of ether oxygens (including phenoxy) is 1. The molecule has 1 aromatic carbocycles. The van der Waals surface area contributed by atoms with E-state index in [0.717, 1.165) is 0 Å². The number of alkyl halides is 3. The van der Waals surface area contributed by atoms with Crippen LogP contribution in [0.2, 0.25) is 0 Å². The van der Waals surface area contributed by atoms with Crippen molar-refractivity contribution in [1.29, 1.82) is 0 Å². The van der Waals surface area contributed by atoms with Crippen molar-refractivity contribution in [2.75, 3.05) is 18.0 Å². The lowest BCUT2D eigenvalue weighted by Gasteiger charge is -2.32. The number of piperidine rings is 1. The molecule has 1 fully saturated rings. The highest BCUT2D eigenvalue weighted by molar-refractivity contribution is 5.84. The van der Waals surface area contributed by atoms with Crippen LogP contribution < -0.4 is 10.6 Å². The number of nitrogens with two attached hydrogens (primary N) is 1. The van der Waals surface area contributed by atoms with Crippen LogP contribution in [0.5, 0.6) is 0 Å². The molecule has 1 atom stereocenters. The van der Waals surface area contributed by atoms with Crippen molar-refractivity contribution >= 4 is 23.3 Å². The topological polar surface area (TPSA) is 116 Å². The number of halogens is 3. The van der Waals surface area contributed by atoms with Crippen molar-refractivity contribution < 1.29 is 27.5 Å². The Hall–Kier alpha value is -3.70. The zero-order valence-electron chi connectivity index (χ0n) is 16.7. The number of primary amides is 1. The predicted molar refractivity (Wildman–Crippen MR) is 105 cm³/mol. The molecule has 168 valence electrons. The maximum absolute atomic E-state index is 13.1. The van der Waals surface area contributed by atoms with E-state index in [2.05, 4.69) is 15.3 Å². The van der Waals surface area contributed by atoms with E-state index in [-0.39, 0.29) is 5.65 Å². The molecule has 9 nitrogen and oxygen atoms in total. The second-order valence-corrected chi connectivity index (χ2v) is 7.37. The van der Waals surface area contributed by atoms with E-state index >= 15 is 0 Å². The van der Waals surface area contributed by atoms with E-state index in [1.165, 1.54) is 6.07 Å². The zero-order valence-corrected chi connectivity index (χ0v) is 16.7. The first-order valence-electron chi connectivity index (χ1n) is 9.83. The number of nitrogens with zero attached hydrogens (tertiary/aromatic N) is 5. The molecular formula is C20H19F3N6O3. The van der Waals surface area contributed by atoms with Gasteiger partial charge >= 0.3 is 12.1 Å². The maximum Gasteiger partial charge on any atom is 0.453 e. The van der Waals surface area contributed by atoms with Gasteiger partial charge < -0.3 is 15.4 Å². The standard InChI is InChI=1S/C20H19F3N6O3/c21-20(22,23)19-26-25-14-6-7-15(27-29(14)19)28-10-8-13(9-11-28)18(31)32-16(17(24)30)12-4-2-1-3-5-12/h1-7,13,16H,8-11H2,(H2,24,30). The Bertz CT molecular complexity index is 1130. The summed E-state index contributed by atoms with van der Waals surface area (Å²) in [5.74, 6) is -2.67. The largest absolute Gasteiger partial charge is 0.453 e. The fourth-order valence-corrected chi connectivity index (χ4v) is 3.60. The third-order valence-electron chi connectivity index (χ3n) is 5.25. The fourth-order valence-electron chi connectivity index (χ4n) is 3.60. The molecule has 2 aromatic heterocycles. The van der Waals surface area contributed by atoms with Gasteiger partial charge in [0.2, 0.25) is 6.10 Å². The summed E-state index contributed by atoms with van der Waals surface area (Å²) in [6.45, 7) is 0.739. The van der Waals surface area contributed by atoms with Crippen LogP contribution in [0.3, 0.4) is 0 Å². The van der Waals surface area contributed by atoms with Crippen molar-refractivity contribution in [3.8, 4) is 0 Å². The van der Waals surface area contributed by atoms with Crippen molar-refractivity contribution in [2.24, 2.45) is 11.7 Å². The van der Waals surface area contributed by atoms with E-state index in [1.54, 1.807) is 41.3 Å². The first-order chi connectivity index (χ1) is 15.2. The van der Waals surface area contributed by atoms with E-state index < -0.39 is 35.9 Å². The number of amides is 1. The van der Waals surface area contributed by atoms with Crippen LogP contribution in [0.15, 0.2) is 42.5 Å². The van der Waals surface area contributed by atoms with E-state index in [9.17, 15) is 22.8 Å². The van der Waals surface area contributed by atoms with Crippen molar-refractivity contribution in [3.05, 3.63) is 53.9 Å². The number of esters is 1. The predicted octanol–water partition coefficient (Wildman–Crippen LogP) is 2.13. The van der Waals surface area contributed by atoms with E-state index in [0.29, 0.717) is 41.8 Å². The Morgan fingerprint density at radius 2 is 1.75 bits per heavy atom.